The van der Waals surface area contributed by atoms with E-state index in [1.54, 1.807) is 20.8 Å². The van der Waals surface area contributed by atoms with Crippen LogP contribution in [-0.2, 0) is 34.0 Å². The van der Waals surface area contributed by atoms with Crippen LogP contribution in [0.15, 0.2) is 0 Å². The second kappa shape index (κ2) is 8.92. The number of rotatable bonds is 9. The number of hydrogen-bond donors (Lipinski definition) is 2. The third-order valence-electron chi connectivity index (χ3n) is 3.37. The highest BCUT2D eigenvalue weighted by atomic mass is 32.2. The van der Waals surface area contributed by atoms with Crippen LogP contribution in [0, 0.1) is 5.41 Å². The van der Waals surface area contributed by atoms with E-state index in [-0.39, 0.29) is 0 Å². The van der Waals surface area contributed by atoms with Gasteiger partial charge in [0.25, 0.3) is 10.1 Å². The van der Waals surface area contributed by atoms with Crippen molar-refractivity contribution in [2.24, 2.45) is 5.41 Å². The van der Waals surface area contributed by atoms with Gasteiger partial charge in [0.1, 0.15) is 0 Å². The summed E-state index contributed by atoms with van der Waals surface area (Å²) in [5.74, 6) is -2.65. The number of Topliss-reactive ketones (excluding diaryl/α,β-unsaturated/α-hetero) is 1. The lowest BCUT2D eigenvalue weighted by Crippen LogP contribution is -2.50. The standard InChI is InChI=1S/C16H29NO8S/c1-10(24-7)14(20)25-11(13(19)15(2,3)4)8-12(18)17-16(5,6)9-26(21,22)23/h10-11H,8-9H2,1-7H3,(H,17,18)(H,21,22,23). The van der Waals surface area contributed by atoms with Crippen molar-refractivity contribution in [3.8, 4) is 0 Å². The van der Waals surface area contributed by atoms with Gasteiger partial charge in [-0.2, -0.15) is 8.42 Å². The third-order valence-corrected chi connectivity index (χ3v) is 4.45. The second-order valence-corrected chi connectivity index (χ2v) is 9.23. The molecule has 1 amide bonds. The van der Waals surface area contributed by atoms with Crippen molar-refractivity contribution in [1.82, 2.24) is 5.32 Å². The second-order valence-electron chi connectivity index (χ2n) is 7.78. The lowest BCUT2D eigenvalue weighted by atomic mass is 9.86. The van der Waals surface area contributed by atoms with E-state index in [9.17, 15) is 22.8 Å². The molecule has 0 aliphatic heterocycles. The molecular weight excluding hydrogens is 366 g/mol. The number of hydrogen-bond acceptors (Lipinski definition) is 7. The average molecular weight is 395 g/mol. The molecule has 0 aromatic rings. The quantitative estimate of drug-likeness (QED) is 0.430. The molecule has 2 unspecified atom stereocenters. The van der Waals surface area contributed by atoms with Crippen LogP contribution in [0.5, 0.6) is 0 Å². The Hall–Kier alpha value is -1.52. The Bertz CT molecular complexity index is 633. The topological polar surface area (TPSA) is 136 Å². The van der Waals surface area contributed by atoms with E-state index in [1.165, 1.54) is 27.9 Å². The van der Waals surface area contributed by atoms with Crippen LogP contribution < -0.4 is 5.32 Å². The zero-order chi connectivity index (χ0) is 20.9. The Morgan fingerprint density at radius 3 is 2.00 bits per heavy atom. The maximum atomic E-state index is 12.5. The fraction of sp³-hybridized carbons (Fsp3) is 0.812. The van der Waals surface area contributed by atoms with Gasteiger partial charge in [0.2, 0.25) is 5.91 Å². The lowest BCUT2D eigenvalue weighted by Gasteiger charge is -2.28. The Morgan fingerprint density at radius 1 is 1.12 bits per heavy atom. The highest BCUT2D eigenvalue weighted by Gasteiger charge is 2.36. The van der Waals surface area contributed by atoms with Gasteiger partial charge in [0, 0.05) is 12.5 Å². The van der Waals surface area contributed by atoms with Crippen LogP contribution in [0.4, 0.5) is 0 Å². The summed E-state index contributed by atoms with van der Waals surface area (Å²) in [6.07, 6.45) is -2.74. The summed E-state index contributed by atoms with van der Waals surface area (Å²) in [4.78, 5) is 36.7. The number of ether oxygens (including phenoxy) is 2. The minimum atomic E-state index is -4.31. The first-order chi connectivity index (χ1) is 11.5. The first-order valence-corrected chi connectivity index (χ1v) is 9.63. The molecule has 10 heteroatoms. The summed E-state index contributed by atoms with van der Waals surface area (Å²) in [5.41, 5.74) is -2.14. The zero-order valence-electron chi connectivity index (χ0n) is 16.3. The summed E-state index contributed by atoms with van der Waals surface area (Å²) in [5, 5.41) is 2.41. The van der Waals surface area contributed by atoms with Gasteiger partial charge in [-0.25, -0.2) is 4.79 Å². The molecule has 0 aromatic heterocycles. The Balaban J connectivity index is 5.26. The fourth-order valence-electron chi connectivity index (χ4n) is 2.09. The number of carbonyl (C=O) groups excluding carboxylic acids is 3. The molecule has 0 heterocycles. The molecule has 0 radical (unpaired) electrons. The van der Waals surface area contributed by atoms with Crippen molar-refractivity contribution in [1.29, 1.82) is 0 Å². The molecule has 9 nitrogen and oxygen atoms in total. The Labute approximate surface area is 154 Å². The maximum absolute atomic E-state index is 12.5. The van der Waals surface area contributed by atoms with Crippen LogP contribution in [-0.4, -0.2) is 61.2 Å². The molecule has 152 valence electrons. The van der Waals surface area contributed by atoms with Crippen LogP contribution in [0.2, 0.25) is 0 Å². The molecule has 0 saturated heterocycles. The predicted molar refractivity (Wildman–Crippen MR) is 94.1 cm³/mol. The van der Waals surface area contributed by atoms with E-state index in [0.717, 1.165) is 0 Å². The first-order valence-electron chi connectivity index (χ1n) is 8.02. The van der Waals surface area contributed by atoms with E-state index in [4.69, 9.17) is 14.0 Å². The van der Waals surface area contributed by atoms with Gasteiger partial charge in [-0.1, -0.05) is 20.8 Å². The molecule has 0 fully saturated rings. The van der Waals surface area contributed by atoms with Gasteiger partial charge >= 0.3 is 5.97 Å². The van der Waals surface area contributed by atoms with Crippen molar-refractivity contribution in [2.75, 3.05) is 12.9 Å². The van der Waals surface area contributed by atoms with Crippen LogP contribution in [0.3, 0.4) is 0 Å². The lowest BCUT2D eigenvalue weighted by molar-refractivity contribution is -0.167. The molecule has 26 heavy (non-hydrogen) atoms. The average Bonchev–Trinajstić information content (AvgIpc) is 2.40. The van der Waals surface area contributed by atoms with Gasteiger partial charge in [-0.15, -0.1) is 0 Å². The molecular formula is C16H29NO8S. The normalized spacial score (nSPS) is 15.1. The van der Waals surface area contributed by atoms with Gasteiger partial charge < -0.3 is 14.8 Å². The summed E-state index contributed by atoms with van der Waals surface area (Å²) in [7, 11) is -3.01. The van der Waals surface area contributed by atoms with Crippen LogP contribution in [0.25, 0.3) is 0 Å². The molecule has 0 aromatic carbocycles. The first kappa shape index (κ1) is 24.5. The summed E-state index contributed by atoms with van der Waals surface area (Å²) >= 11 is 0. The largest absolute Gasteiger partial charge is 0.452 e. The SMILES string of the molecule is COC(C)C(=O)OC(CC(=O)NC(C)(C)CS(=O)(=O)O)C(=O)C(C)(C)C. The van der Waals surface area contributed by atoms with E-state index in [0.29, 0.717) is 0 Å². The molecule has 0 bridgehead atoms. The minimum absolute atomic E-state index is 0.461. The highest BCUT2D eigenvalue weighted by molar-refractivity contribution is 7.85. The molecule has 0 aliphatic carbocycles. The predicted octanol–water partition coefficient (Wildman–Crippen LogP) is 0.721. The van der Waals surface area contributed by atoms with E-state index >= 15 is 0 Å². The van der Waals surface area contributed by atoms with Gasteiger partial charge in [0.15, 0.2) is 18.0 Å². The molecule has 0 rings (SSSR count). The maximum Gasteiger partial charge on any atom is 0.335 e. The monoisotopic (exact) mass is 395 g/mol. The third kappa shape index (κ3) is 9.25. The highest BCUT2D eigenvalue weighted by Crippen LogP contribution is 2.21. The van der Waals surface area contributed by atoms with E-state index in [2.05, 4.69) is 5.32 Å². The van der Waals surface area contributed by atoms with E-state index < -0.39 is 63.1 Å². The molecule has 0 aliphatic rings. The number of ketones is 1. The van der Waals surface area contributed by atoms with Crippen molar-refractivity contribution in [3.05, 3.63) is 0 Å². The minimum Gasteiger partial charge on any atom is -0.452 e. The van der Waals surface area contributed by atoms with E-state index in [1.807, 2.05) is 0 Å². The van der Waals surface area contributed by atoms with Gasteiger partial charge in [-0.05, 0) is 20.8 Å². The number of methoxy groups -OCH3 is 1. The van der Waals surface area contributed by atoms with Crippen molar-refractivity contribution in [2.45, 2.75) is 65.7 Å². The fourth-order valence-corrected chi connectivity index (χ4v) is 3.08. The summed E-state index contributed by atoms with van der Waals surface area (Å²) in [6, 6.07) is 0. The van der Waals surface area contributed by atoms with Gasteiger partial charge in [0.05, 0.1) is 17.7 Å². The zero-order valence-corrected chi connectivity index (χ0v) is 17.1. The number of carbonyl (C=O) groups is 3. The van der Waals surface area contributed by atoms with Gasteiger partial charge in [-0.3, -0.25) is 14.1 Å². The summed E-state index contributed by atoms with van der Waals surface area (Å²) < 4.78 is 40.9. The number of esters is 1. The number of amides is 1. The molecule has 0 saturated carbocycles. The Morgan fingerprint density at radius 2 is 1.62 bits per heavy atom. The van der Waals surface area contributed by atoms with Crippen molar-refractivity contribution in [3.63, 3.8) is 0 Å². The molecule has 0 spiro atoms. The molecule has 2 N–H and O–H groups in total. The van der Waals surface area contributed by atoms with Crippen LogP contribution in [0.1, 0.15) is 48.0 Å². The van der Waals surface area contributed by atoms with Crippen molar-refractivity contribution < 1.29 is 36.8 Å². The molecule has 2 atom stereocenters. The smallest absolute Gasteiger partial charge is 0.335 e. The Kier molecular flexibility index (Phi) is 8.39. The van der Waals surface area contributed by atoms with Crippen molar-refractivity contribution >= 4 is 27.8 Å². The summed E-state index contributed by atoms with van der Waals surface area (Å²) in [6.45, 7) is 9.11. The van der Waals surface area contributed by atoms with Crippen LogP contribution >= 0.6 is 0 Å². The number of nitrogens with one attached hydrogen (secondary N) is 1.